The summed E-state index contributed by atoms with van der Waals surface area (Å²) in [4.78, 5) is 26.7. The summed E-state index contributed by atoms with van der Waals surface area (Å²) < 4.78 is 0. The van der Waals surface area contributed by atoms with Gasteiger partial charge in [0.1, 0.15) is 0 Å². The van der Waals surface area contributed by atoms with Gasteiger partial charge in [-0.3, -0.25) is 4.79 Å². The normalized spacial score (nSPS) is 11.3. The van der Waals surface area contributed by atoms with Gasteiger partial charge in [0.05, 0.1) is 11.3 Å². The molecule has 0 radical (unpaired) electrons. The summed E-state index contributed by atoms with van der Waals surface area (Å²) in [5.74, 6) is -1.66. The van der Waals surface area contributed by atoms with Crippen LogP contribution in [-0.4, -0.2) is 17.0 Å². The van der Waals surface area contributed by atoms with Gasteiger partial charge in [-0.25, -0.2) is 0 Å². The van der Waals surface area contributed by atoms with E-state index in [1.165, 1.54) is 64.2 Å². The highest BCUT2D eigenvalue weighted by Crippen LogP contribution is 2.46. The van der Waals surface area contributed by atoms with E-state index in [0.717, 1.165) is 28.8 Å². The van der Waals surface area contributed by atoms with Crippen LogP contribution in [0.15, 0.2) is 91.0 Å². The van der Waals surface area contributed by atoms with Gasteiger partial charge in [0.15, 0.2) is 5.78 Å². The molecule has 40 heavy (non-hydrogen) atoms. The molecule has 0 N–H and O–H groups in total. The number of carboxylic acid groups (broad SMARTS) is 1. The first kappa shape index (κ1) is 31.6. The van der Waals surface area contributed by atoms with E-state index in [9.17, 15) is 14.7 Å². The minimum atomic E-state index is -2.96. The summed E-state index contributed by atoms with van der Waals surface area (Å²) in [5, 5.41) is 15.4. The Balaban J connectivity index is 1.74. The Hall–Kier alpha value is -2.90. The van der Waals surface area contributed by atoms with E-state index in [1.807, 2.05) is 91.0 Å². The van der Waals surface area contributed by atoms with Crippen LogP contribution in [0.5, 0.6) is 0 Å². The van der Waals surface area contributed by atoms with Gasteiger partial charge in [0.2, 0.25) is 0 Å². The van der Waals surface area contributed by atoms with Gasteiger partial charge < -0.3 is 9.90 Å². The molecule has 0 aliphatic heterocycles. The third-order valence-corrected chi connectivity index (χ3v) is 12.1. The van der Waals surface area contributed by atoms with Crippen LogP contribution in [0.1, 0.15) is 96.8 Å². The maximum atomic E-state index is 13.8. The first-order valence-corrected chi connectivity index (χ1v) is 17.1. The average Bonchev–Trinajstić information content (AvgIpc) is 2.99. The van der Waals surface area contributed by atoms with Crippen LogP contribution >= 0.6 is 6.89 Å². The number of benzene rings is 3. The molecule has 0 amide bonds. The molecule has 0 bridgehead atoms. The Labute approximate surface area is 242 Å². The molecule has 3 aromatic carbocycles. The maximum Gasteiger partial charge on any atom is 0.165 e. The number of aliphatic carboxylic acids is 1. The average molecular weight is 558 g/mol. The highest BCUT2D eigenvalue weighted by atomic mass is 31.2. The summed E-state index contributed by atoms with van der Waals surface area (Å²) >= 11 is 0. The molecule has 0 aliphatic carbocycles. The van der Waals surface area contributed by atoms with Gasteiger partial charge in [0, 0.05) is 6.42 Å². The molecule has 214 valence electrons. The summed E-state index contributed by atoms with van der Waals surface area (Å²) in [5.41, 5.74) is 0. The number of carboxylic acids is 1. The molecule has 3 aromatic rings. The van der Waals surface area contributed by atoms with E-state index in [0.29, 0.717) is 6.42 Å². The molecule has 0 heterocycles. The van der Waals surface area contributed by atoms with Gasteiger partial charge in [-0.05, 0) is 29.2 Å². The molecule has 0 unspecified atom stereocenters. The van der Waals surface area contributed by atoms with Crippen molar-refractivity contribution in [2.24, 2.45) is 0 Å². The fraction of sp³-hybridized carbons (Fsp3) is 0.417. The summed E-state index contributed by atoms with van der Waals surface area (Å²) in [7, 11) is 0. The lowest BCUT2D eigenvalue weighted by Crippen LogP contribution is -2.43. The molecule has 0 aliphatic rings. The molecule has 0 saturated heterocycles. The number of rotatable bonds is 19. The first-order valence-electron chi connectivity index (χ1n) is 15.3. The van der Waals surface area contributed by atoms with E-state index in [2.05, 4.69) is 6.92 Å². The van der Waals surface area contributed by atoms with Crippen LogP contribution in [0.4, 0.5) is 0 Å². The zero-order chi connectivity index (χ0) is 28.5. The Morgan fingerprint density at radius 1 is 0.525 bits per heavy atom. The molecule has 0 saturated carbocycles. The lowest BCUT2D eigenvalue weighted by molar-refractivity contribution is -0.293. The van der Waals surface area contributed by atoms with Crippen molar-refractivity contribution in [3.05, 3.63) is 91.0 Å². The number of ketones is 1. The molecule has 0 spiro atoms. The second-order valence-electron chi connectivity index (χ2n) is 10.7. The maximum absolute atomic E-state index is 13.8. The van der Waals surface area contributed by atoms with Crippen molar-refractivity contribution in [3.63, 3.8) is 0 Å². The lowest BCUT2D eigenvalue weighted by Gasteiger charge is -2.32. The SMILES string of the molecule is CCCCCCCCCCCCCCCC(=O)C(C(=O)[O-])=P(c1ccccc1)(c1ccccc1)c1ccccc1. The largest absolute Gasteiger partial charge is 0.545 e. The number of carbonyl (C=O) groups excluding carboxylic acids is 2. The summed E-state index contributed by atoms with van der Waals surface area (Å²) in [6, 6.07) is 29.0. The predicted molar refractivity (Wildman–Crippen MR) is 170 cm³/mol. The molecular formula is C36H46O3P-. The van der Waals surface area contributed by atoms with Crippen molar-refractivity contribution < 1.29 is 14.7 Å². The van der Waals surface area contributed by atoms with Gasteiger partial charge in [0.25, 0.3) is 0 Å². The molecular weight excluding hydrogens is 511 g/mol. The minimum Gasteiger partial charge on any atom is -0.545 e. The second-order valence-corrected chi connectivity index (χ2v) is 14.1. The predicted octanol–water partition coefficient (Wildman–Crippen LogP) is 6.95. The van der Waals surface area contributed by atoms with Gasteiger partial charge in [-0.1, -0.05) is 175 Å². The highest BCUT2D eigenvalue weighted by Gasteiger charge is 2.33. The van der Waals surface area contributed by atoms with Crippen molar-refractivity contribution in [3.8, 4) is 0 Å². The minimum absolute atomic E-state index is 0.0740. The standard InChI is InChI=1S/C36H47O3P/c1-2-3-4-5-6-7-8-9-10-11-12-13-23-30-34(37)35(36(38)39)40(31-24-17-14-18-25-31,32-26-19-15-20-27-32)33-28-21-16-22-29-33/h14-22,24-29H,2-13,23,30H2,1H3,(H,38,39)/p-1. The van der Waals surface area contributed by atoms with Gasteiger partial charge >= 0.3 is 0 Å². The molecule has 0 fully saturated rings. The Kier molecular flexibility index (Phi) is 14.0. The number of carbonyl (C=O) groups is 2. The Bertz CT molecular complexity index is 1100. The van der Waals surface area contributed by atoms with E-state index >= 15 is 0 Å². The van der Waals surface area contributed by atoms with Gasteiger partial charge in [-0.15, -0.1) is 0 Å². The van der Waals surface area contributed by atoms with Crippen molar-refractivity contribution >= 4 is 39.8 Å². The fourth-order valence-electron chi connectivity index (χ4n) is 5.65. The number of hydrogen-bond donors (Lipinski definition) is 0. The molecule has 4 heteroatoms. The molecule has 0 aromatic heterocycles. The van der Waals surface area contributed by atoms with Crippen LogP contribution in [0.3, 0.4) is 0 Å². The van der Waals surface area contributed by atoms with Crippen molar-refractivity contribution in [1.29, 1.82) is 0 Å². The smallest absolute Gasteiger partial charge is 0.165 e. The number of hydrogen-bond acceptors (Lipinski definition) is 3. The van der Waals surface area contributed by atoms with Crippen LogP contribution in [-0.2, 0) is 9.59 Å². The third kappa shape index (κ3) is 8.80. The van der Waals surface area contributed by atoms with Crippen LogP contribution in [0.2, 0.25) is 0 Å². The summed E-state index contributed by atoms with van der Waals surface area (Å²) in [6.07, 6.45) is 16.1. The van der Waals surface area contributed by atoms with E-state index in [4.69, 9.17) is 0 Å². The van der Waals surface area contributed by atoms with Crippen molar-refractivity contribution in [1.82, 2.24) is 0 Å². The number of Topliss-reactive ketones (excluding diaryl/α,β-unsaturated/α-hetero) is 1. The first-order chi connectivity index (χ1) is 19.6. The summed E-state index contributed by atoms with van der Waals surface area (Å²) in [6.45, 7) is -0.702. The second kappa shape index (κ2) is 17.7. The Morgan fingerprint density at radius 3 is 1.18 bits per heavy atom. The lowest BCUT2D eigenvalue weighted by atomic mass is 10.0. The molecule has 3 rings (SSSR count). The number of unbranched alkanes of at least 4 members (excludes halogenated alkanes) is 12. The van der Waals surface area contributed by atoms with E-state index in [1.54, 1.807) is 0 Å². The molecule has 0 atom stereocenters. The van der Waals surface area contributed by atoms with Gasteiger partial charge in [-0.2, -0.15) is 0 Å². The fourth-order valence-corrected chi connectivity index (χ4v) is 9.94. The Morgan fingerprint density at radius 2 is 0.850 bits per heavy atom. The van der Waals surface area contributed by atoms with Crippen LogP contribution < -0.4 is 21.0 Å². The zero-order valence-electron chi connectivity index (χ0n) is 24.2. The zero-order valence-corrected chi connectivity index (χ0v) is 25.1. The van der Waals surface area contributed by atoms with E-state index in [-0.39, 0.29) is 17.5 Å². The van der Waals surface area contributed by atoms with Crippen molar-refractivity contribution in [2.75, 3.05) is 0 Å². The van der Waals surface area contributed by atoms with Crippen molar-refractivity contribution in [2.45, 2.75) is 96.8 Å². The monoisotopic (exact) mass is 557 g/mol. The quantitative estimate of drug-likeness (QED) is 0.0910. The van der Waals surface area contributed by atoms with Crippen LogP contribution in [0, 0.1) is 0 Å². The van der Waals surface area contributed by atoms with Crippen LogP contribution in [0.25, 0.3) is 0 Å². The highest BCUT2D eigenvalue weighted by molar-refractivity contribution is 7.97. The topological polar surface area (TPSA) is 57.2 Å². The molecule has 3 nitrogen and oxygen atoms in total. The van der Waals surface area contributed by atoms with E-state index < -0.39 is 12.9 Å². The third-order valence-electron chi connectivity index (χ3n) is 7.73.